The van der Waals surface area contributed by atoms with E-state index in [-0.39, 0.29) is 0 Å². The number of nitrogens with one attached hydrogen (secondary N) is 1. The number of nitriles is 1. The van der Waals surface area contributed by atoms with Gasteiger partial charge in [-0.1, -0.05) is 6.07 Å². The molecular weight excluding hydrogens is 232 g/mol. The molecule has 0 aliphatic carbocycles. The van der Waals surface area contributed by atoms with Crippen LogP contribution in [0.3, 0.4) is 0 Å². The molecule has 0 heterocycles. The Morgan fingerprint density at radius 2 is 2.22 bits per heavy atom. The van der Waals surface area contributed by atoms with Gasteiger partial charge in [0, 0.05) is 6.54 Å². The van der Waals surface area contributed by atoms with Crippen molar-refractivity contribution >= 4 is 5.97 Å². The number of methoxy groups -OCH3 is 1. The van der Waals surface area contributed by atoms with Crippen LogP contribution in [0.1, 0.15) is 25.0 Å². The summed E-state index contributed by atoms with van der Waals surface area (Å²) in [6, 6.07) is 7.18. The number of carbonyl (C=O) groups is 1. The van der Waals surface area contributed by atoms with Crippen molar-refractivity contribution in [3.05, 3.63) is 29.3 Å². The van der Waals surface area contributed by atoms with Crippen molar-refractivity contribution in [2.75, 3.05) is 7.11 Å². The van der Waals surface area contributed by atoms with Gasteiger partial charge in [0.25, 0.3) is 0 Å². The van der Waals surface area contributed by atoms with Gasteiger partial charge < -0.3 is 9.84 Å². The van der Waals surface area contributed by atoms with Crippen LogP contribution in [0.5, 0.6) is 5.75 Å². The molecule has 0 atom stereocenters. The second-order valence-electron chi connectivity index (χ2n) is 4.43. The molecule has 96 valence electrons. The summed E-state index contributed by atoms with van der Waals surface area (Å²) in [5, 5.41) is 20.7. The third-order valence-corrected chi connectivity index (χ3v) is 2.66. The van der Waals surface area contributed by atoms with Crippen LogP contribution in [0, 0.1) is 11.3 Å². The second kappa shape index (κ2) is 5.52. The van der Waals surface area contributed by atoms with Gasteiger partial charge in [0.05, 0.1) is 12.7 Å². The van der Waals surface area contributed by atoms with Crippen LogP contribution in [0.2, 0.25) is 0 Å². The number of hydrogen-bond donors (Lipinski definition) is 2. The number of benzene rings is 1. The van der Waals surface area contributed by atoms with Gasteiger partial charge in [-0.05, 0) is 31.5 Å². The standard InChI is InChI=1S/C13H16N2O3/c1-13(2,12(16)17)15-8-9-4-5-10(7-14)11(6-9)18-3/h4-6,15H,8H2,1-3H3,(H,16,17). The molecule has 0 saturated carbocycles. The van der Waals surface area contributed by atoms with Crippen molar-refractivity contribution in [1.29, 1.82) is 5.26 Å². The molecule has 0 saturated heterocycles. The van der Waals surface area contributed by atoms with Crippen molar-refractivity contribution in [3.63, 3.8) is 0 Å². The van der Waals surface area contributed by atoms with Gasteiger partial charge in [0.15, 0.2) is 0 Å². The SMILES string of the molecule is COc1cc(CNC(C)(C)C(=O)O)ccc1C#N. The normalized spacial score (nSPS) is 10.8. The molecule has 0 bridgehead atoms. The zero-order chi connectivity index (χ0) is 13.8. The molecule has 0 spiro atoms. The fraction of sp³-hybridized carbons (Fsp3) is 0.385. The summed E-state index contributed by atoms with van der Waals surface area (Å²) < 4.78 is 5.09. The van der Waals surface area contributed by atoms with Gasteiger partial charge in [0.1, 0.15) is 17.4 Å². The Morgan fingerprint density at radius 1 is 1.56 bits per heavy atom. The van der Waals surface area contributed by atoms with Crippen LogP contribution >= 0.6 is 0 Å². The van der Waals surface area contributed by atoms with Crippen LogP contribution < -0.4 is 10.1 Å². The first-order valence-corrected chi connectivity index (χ1v) is 5.46. The zero-order valence-corrected chi connectivity index (χ0v) is 10.7. The molecule has 18 heavy (non-hydrogen) atoms. The van der Waals surface area contributed by atoms with Crippen molar-refractivity contribution in [1.82, 2.24) is 5.32 Å². The van der Waals surface area contributed by atoms with Crippen LogP contribution in [-0.2, 0) is 11.3 Å². The lowest BCUT2D eigenvalue weighted by Crippen LogP contribution is -2.46. The van der Waals surface area contributed by atoms with Crippen LogP contribution in [0.25, 0.3) is 0 Å². The summed E-state index contributed by atoms with van der Waals surface area (Å²) in [6.45, 7) is 3.58. The van der Waals surface area contributed by atoms with Gasteiger partial charge in [-0.3, -0.25) is 10.1 Å². The van der Waals surface area contributed by atoms with Crippen molar-refractivity contribution in [2.24, 2.45) is 0 Å². The maximum Gasteiger partial charge on any atom is 0.323 e. The topological polar surface area (TPSA) is 82.3 Å². The van der Waals surface area contributed by atoms with Crippen molar-refractivity contribution in [2.45, 2.75) is 25.9 Å². The Morgan fingerprint density at radius 3 is 2.72 bits per heavy atom. The first-order chi connectivity index (χ1) is 8.40. The fourth-order valence-corrected chi connectivity index (χ4v) is 1.34. The highest BCUT2D eigenvalue weighted by Gasteiger charge is 2.25. The van der Waals surface area contributed by atoms with E-state index in [0.717, 1.165) is 5.56 Å². The Labute approximate surface area is 106 Å². The fourth-order valence-electron chi connectivity index (χ4n) is 1.34. The van der Waals surface area contributed by atoms with Crippen LogP contribution in [0.4, 0.5) is 0 Å². The summed E-state index contributed by atoms with van der Waals surface area (Å²) in [5.41, 5.74) is 0.320. The molecule has 0 unspecified atom stereocenters. The lowest BCUT2D eigenvalue weighted by atomic mass is 10.0. The molecule has 5 nitrogen and oxygen atoms in total. The van der Waals surface area contributed by atoms with Crippen molar-refractivity contribution < 1.29 is 14.6 Å². The van der Waals surface area contributed by atoms with E-state index in [0.29, 0.717) is 17.9 Å². The number of rotatable bonds is 5. The van der Waals surface area contributed by atoms with Crippen LogP contribution in [-0.4, -0.2) is 23.7 Å². The maximum atomic E-state index is 10.9. The predicted molar refractivity (Wildman–Crippen MR) is 66.3 cm³/mol. The minimum Gasteiger partial charge on any atom is -0.495 e. The third-order valence-electron chi connectivity index (χ3n) is 2.66. The van der Waals surface area contributed by atoms with Gasteiger partial charge in [-0.15, -0.1) is 0 Å². The van der Waals surface area contributed by atoms with E-state index in [1.807, 2.05) is 6.07 Å². The number of ether oxygens (including phenoxy) is 1. The highest BCUT2D eigenvalue weighted by Crippen LogP contribution is 2.19. The minimum absolute atomic E-state index is 0.390. The van der Waals surface area contributed by atoms with Gasteiger partial charge in [0.2, 0.25) is 0 Å². The van der Waals surface area contributed by atoms with Gasteiger partial charge in [-0.25, -0.2) is 0 Å². The average molecular weight is 248 g/mol. The molecule has 0 radical (unpaired) electrons. The van der Waals surface area contributed by atoms with E-state index in [1.54, 1.807) is 32.0 Å². The molecule has 0 amide bonds. The molecule has 0 aromatic heterocycles. The molecule has 0 fully saturated rings. The summed E-state index contributed by atoms with van der Waals surface area (Å²) in [7, 11) is 1.49. The molecule has 5 heteroatoms. The molecule has 2 N–H and O–H groups in total. The first-order valence-electron chi connectivity index (χ1n) is 5.46. The second-order valence-corrected chi connectivity index (χ2v) is 4.43. The Kier molecular flexibility index (Phi) is 4.29. The molecule has 1 aromatic carbocycles. The predicted octanol–water partition coefficient (Wildman–Crippen LogP) is 1.52. The lowest BCUT2D eigenvalue weighted by Gasteiger charge is -2.21. The zero-order valence-electron chi connectivity index (χ0n) is 10.7. The highest BCUT2D eigenvalue weighted by atomic mass is 16.5. The number of hydrogen-bond acceptors (Lipinski definition) is 4. The molecule has 0 aliphatic rings. The van der Waals surface area contributed by atoms with E-state index in [4.69, 9.17) is 15.1 Å². The monoisotopic (exact) mass is 248 g/mol. The molecule has 1 aromatic rings. The Balaban J connectivity index is 2.81. The number of nitrogens with zero attached hydrogens (tertiary/aromatic N) is 1. The minimum atomic E-state index is -0.999. The molecular formula is C13H16N2O3. The lowest BCUT2D eigenvalue weighted by molar-refractivity contribution is -0.143. The van der Waals surface area contributed by atoms with E-state index in [1.165, 1.54) is 7.11 Å². The van der Waals surface area contributed by atoms with Gasteiger partial charge >= 0.3 is 5.97 Å². The summed E-state index contributed by atoms with van der Waals surface area (Å²) in [5.74, 6) is -0.423. The number of aliphatic carboxylic acids is 1. The smallest absolute Gasteiger partial charge is 0.323 e. The van der Waals surface area contributed by atoms with Crippen LogP contribution in [0.15, 0.2) is 18.2 Å². The van der Waals surface area contributed by atoms with Crippen molar-refractivity contribution in [3.8, 4) is 11.8 Å². The van der Waals surface area contributed by atoms with E-state index in [9.17, 15) is 4.79 Å². The van der Waals surface area contributed by atoms with E-state index in [2.05, 4.69) is 5.32 Å². The van der Waals surface area contributed by atoms with Gasteiger partial charge in [-0.2, -0.15) is 5.26 Å². The van der Waals surface area contributed by atoms with E-state index < -0.39 is 11.5 Å². The Hall–Kier alpha value is -2.06. The first kappa shape index (κ1) is 14.0. The largest absolute Gasteiger partial charge is 0.495 e. The average Bonchev–Trinajstić information content (AvgIpc) is 2.35. The molecule has 1 rings (SSSR count). The summed E-state index contributed by atoms with van der Waals surface area (Å²) in [6.07, 6.45) is 0. The summed E-state index contributed by atoms with van der Waals surface area (Å²) >= 11 is 0. The Bertz CT molecular complexity index is 489. The maximum absolute atomic E-state index is 10.9. The molecule has 0 aliphatic heterocycles. The third kappa shape index (κ3) is 3.22. The van der Waals surface area contributed by atoms with E-state index >= 15 is 0 Å². The number of carboxylic acid groups (broad SMARTS) is 1. The summed E-state index contributed by atoms with van der Waals surface area (Å²) in [4.78, 5) is 10.9. The number of carboxylic acids is 1. The highest BCUT2D eigenvalue weighted by molar-refractivity contribution is 5.77. The quantitative estimate of drug-likeness (QED) is 0.825.